The van der Waals surface area contributed by atoms with Crippen LogP contribution in [0, 0.1) is 0 Å². The first kappa shape index (κ1) is 10.1. The second kappa shape index (κ2) is 6.07. The van der Waals surface area contributed by atoms with E-state index in [2.05, 4.69) is 0 Å². The van der Waals surface area contributed by atoms with E-state index in [4.69, 9.17) is 28.3 Å². The number of alkyl halides is 2. The van der Waals surface area contributed by atoms with Crippen LogP contribution in [0.1, 0.15) is 0 Å². The van der Waals surface area contributed by atoms with Crippen LogP contribution >= 0.6 is 23.2 Å². The second-order valence-electron chi connectivity index (χ2n) is 0.574. The molecular formula is C2H7AlCl2O. The summed E-state index contributed by atoms with van der Waals surface area (Å²) < 4.78 is 0. The Hall–Kier alpha value is 1.07. The molecule has 6 heavy (non-hydrogen) atoms. The molecule has 0 bridgehead atoms. The molecule has 38 valence electrons. The first-order valence-electron chi connectivity index (χ1n) is 1.16. The number of aliphatic hydroxyl groups excluding tert-OH is 1. The lowest BCUT2D eigenvalue weighted by molar-refractivity contribution is 0.313. The Morgan fingerprint density at radius 3 is 1.67 bits per heavy atom. The van der Waals surface area contributed by atoms with Gasteiger partial charge in [0.1, 0.15) is 4.84 Å². The molecule has 1 N–H and O–H groups in total. The van der Waals surface area contributed by atoms with Gasteiger partial charge in [-0.1, -0.05) is 0 Å². The number of hydrogen-bond acceptors (Lipinski definition) is 1. The fourth-order valence-corrected chi connectivity index (χ4v) is 0. The zero-order valence-corrected chi connectivity index (χ0v) is 4.00. The largest absolute Gasteiger partial charge is 0.394 e. The van der Waals surface area contributed by atoms with Crippen LogP contribution in [0.2, 0.25) is 0 Å². The topological polar surface area (TPSA) is 20.2 Å². The minimum Gasteiger partial charge on any atom is -0.394 e. The third kappa shape index (κ3) is 8.91. The van der Waals surface area contributed by atoms with Crippen LogP contribution in [0.4, 0.5) is 0 Å². The number of halogens is 2. The Bertz CT molecular complexity index is 25.5. The van der Waals surface area contributed by atoms with Crippen LogP contribution in [0.3, 0.4) is 0 Å². The molecule has 0 saturated heterocycles. The van der Waals surface area contributed by atoms with Gasteiger partial charge in [-0.3, -0.25) is 0 Å². The van der Waals surface area contributed by atoms with Crippen molar-refractivity contribution in [1.82, 2.24) is 0 Å². The van der Waals surface area contributed by atoms with Crippen molar-refractivity contribution in [2.45, 2.75) is 4.84 Å². The van der Waals surface area contributed by atoms with Crippen molar-refractivity contribution in [3.05, 3.63) is 0 Å². The molecule has 0 aromatic heterocycles. The van der Waals surface area contributed by atoms with Gasteiger partial charge in [0.25, 0.3) is 0 Å². The van der Waals surface area contributed by atoms with Crippen LogP contribution in [-0.2, 0) is 0 Å². The molecule has 0 rings (SSSR count). The third-order valence-electron chi connectivity index (χ3n) is 0.138. The lowest BCUT2D eigenvalue weighted by Crippen LogP contribution is -1.90. The van der Waals surface area contributed by atoms with Gasteiger partial charge < -0.3 is 5.11 Å². The number of hydrogen-bond donors (Lipinski definition) is 1. The third-order valence-corrected chi connectivity index (χ3v) is 0.414. The van der Waals surface area contributed by atoms with Crippen molar-refractivity contribution in [3.8, 4) is 0 Å². The molecule has 0 aromatic rings. The van der Waals surface area contributed by atoms with Crippen molar-refractivity contribution in [2.75, 3.05) is 6.61 Å². The zero-order chi connectivity index (χ0) is 4.28. The van der Waals surface area contributed by atoms with Crippen molar-refractivity contribution in [1.29, 1.82) is 0 Å². The summed E-state index contributed by atoms with van der Waals surface area (Å²) in [5.74, 6) is 0. The molecule has 0 aliphatic heterocycles. The van der Waals surface area contributed by atoms with Gasteiger partial charge in [-0.25, -0.2) is 0 Å². The number of aliphatic hydroxyl groups is 1. The van der Waals surface area contributed by atoms with E-state index in [0.29, 0.717) is 0 Å². The summed E-state index contributed by atoms with van der Waals surface area (Å²) in [6.07, 6.45) is 0. The Kier molecular flexibility index (Phi) is 10.3. The maximum absolute atomic E-state index is 7.88. The Morgan fingerprint density at radius 1 is 1.50 bits per heavy atom. The molecule has 0 saturated carbocycles. The first-order chi connectivity index (χ1) is 2.27. The van der Waals surface area contributed by atoms with E-state index in [0.717, 1.165) is 0 Å². The maximum Gasteiger partial charge on any atom is 0.187 e. The van der Waals surface area contributed by atoms with Gasteiger partial charge in [0, 0.05) is 0 Å². The highest BCUT2D eigenvalue weighted by Crippen LogP contribution is 1.96. The summed E-state index contributed by atoms with van der Waals surface area (Å²) in [6, 6.07) is 0. The molecule has 0 atom stereocenters. The highest BCUT2D eigenvalue weighted by atomic mass is 35.5. The van der Waals surface area contributed by atoms with Crippen LogP contribution in [0.25, 0.3) is 0 Å². The maximum atomic E-state index is 7.88. The van der Waals surface area contributed by atoms with Gasteiger partial charge >= 0.3 is 0 Å². The Balaban J connectivity index is 0. The lowest BCUT2D eigenvalue weighted by atomic mass is 10.9. The number of rotatable bonds is 1. The van der Waals surface area contributed by atoms with E-state index in [1.165, 1.54) is 0 Å². The predicted octanol–water partition coefficient (Wildman–Crippen LogP) is -0.401. The average Bonchev–Trinajstić information content (AvgIpc) is 1.38. The molecule has 4 heteroatoms. The van der Waals surface area contributed by atoms with Gasteiger partial charge in [0.2, 0.25) is 0 Å². The molecular weight excluding hydrogens is 138 g/mol. The molecule has 0 radical (unpaired) electrons. The van der Waals surface area contributed by atoms with Crippen LogP contribution < -0.4 is 0 Å². The van der Waals surface area contributed by atoms with Crippen molar-refractivity contribution in [2.24, 2.45) is 0 Å². The normalized spacial score (nSPS) is 8.00. The minimum absolute atomic E-state index is 0. The standard InChI is InChI=1S/C2H4Cl2O.Al.3H/c3-2(4)1-5;;;;/h2,5H,1H2;;;;. The zero-order valence-electron chi connectivity index (χ0n) is 2.49. The molecule has 0 spiro atoms. The van der Waals surface area contributed by atoms with E-state index < -0.39 is 4.84 Å². The van der Waals surface area contributed by atoms with Crippen LogP contribution in [-0.4, -0.2) is 33.9 Å². The van der Waals surface area contributed by atoms with E-state index in [9.17, 15) is 0 Å². The molecule has 0 aromatic carbocycles. The molecule has 0 aliphatic carbocycles. The summed E-state index contributed by atoms with van der Waals surface area (Å²) in [5, 5.41) is 7.88. The van der Waals surface area contributed by atoms with E-state index in [1.807, 2.05) is 0 Å². The molecule has 0 unspecified atom stereocenters. The van der Waals surface area contributed by atoms with Crippen molar-refractivity contribution >= 4 is 40.6 Å². The highest BCUT2D eigenvalue weighted by molar-refractivity contribution is 6.44. The van der Waals surface area contributed by atoms with Crippen molar-refractivity contribution < 1.29 is 5.11 Å². The molecule has 0 fully saturated rings. The average molecular weight is 145 g/mol. The van der Waals surface area contributed by atoms with Crippen molar-refractivity contribution in [3.63, 3.8) is 0 Å². The van der Waals surface area contributed by atoms with Gasteiger partial charge in [0.05, 0.1) is 6.61 Å². The van der Waals surface area contributed by atoms with Gasteiger partial charge in [-0.2, -0.15) is 0 Å². The van der Waals surface area contributed by atoms with Gasteiger partial charge in [-0.15, -0.1) is 23.2 Å². The minimum atomic E-state index is -0.616. The Labute approximate surface area is 57.4 Å². The monoisotopic (exact) mass is 144 g/mol. The van der Waals surface area contributed by atoms with Gasteiger partial charge in [0.15, 0.2) is 17.4 Å². The summed E-state index contributed by atoms with van der Waals surface area (Å²) in [6.45, 7) is -0.164. The second-order valence-corrected chi connectivity index (χ2v) is 1.85. The Morgan fingerprint density at radius 2 is 1.67 bits per heavy atom. The first-order valence-corrected chi connectivity index (χ1v) is 2.03. The fourth-order valence-electron chi connectivity index (χ4n) is 0. The predicted molar refractivity (Wildman–Crippen MR) is 32.5 cm³/mol. The summed E-state index contributed by atoms with van der Waals surface area (Å²) >= 11 is 9.96. The molecule has 0 aliphatic rings. The van der Waals surface area contributed by atoms with E-state index in [1.54, 1.807) is 0 Å². The van der Waals surface area contributed by atoms with E-state index in [-0.39, 0.29) is 24.0 Å². The quantitative estimate of drug-likeness (QED) is 0.393. The molecule has 0 amide bonds. The summed E-state index contributed by atoms with van der Waals surface area (Å²) in [5.41, 5.74) is 0. The smallest absolute Gasteiger partial charge is 0.187 e. The van der Waals surface area contributed by atoms with E-state index >= 15 is 0 Å². The molecule has 0 heterocycles. The van der Waals surface area contributed by atoms with Crippen LogP contribution in [0.15, 0.2) is 0 Å². The summed E-state index contributed by atoms with van der Waals surface area (Å²) in [4.78, 5) is -0.616. The SMILES string of the molecule is OCC(Cl)Cl.[AlH3]. The fraction of sp³-hybridized carbons (Fsp3) is 1.00. The van der Waals surface area contributed by atoms with Crippen LogP contribution in [0.5, 0.6) is 0 Å². The summed E-state index contributed by atoms with van der Waals surface area (Å²) in [7, 11) is 0. The highest BCUT2D eigenvalue weighted by Gasteiger charge is 1.88. The molecule has 1 nitrogen and oxygen atoms in total. The lowest BCUT2D eigenvalue weighted by Gasteiger charge is -1.84. The van der Waals surface area contributed by atoms with Gasteiger partial charge in [-0.05, 0) is 0 Å².